The molecule has 0 fully saturated rings. The Morgan fingerprint density at radius 2 is 1.73 bits per heavy atom. The summed E-state index contributed by atoms with van der Waals surface area (Å²) in [6, 6.07) is 16.7. The summed E-state index contributed by atoms with van der Waals surface area (Å²) >= 11 is 0. The lowest BCUT2D eigenvalue weighted by molar-refractivity contribution is 0.0697. The van der Waals surface area contributed by atoms with Crippen molar-refractivity contribution in [3.63, 3.8) is 0 Å². The Bertz CT molecular complexity index is 623. The number of aliphatic hydroxyl groups is 1. The lowest BCUT2D eigenvalue weighted by atomic mass is 9.74. The number of carboxylic acids is 1. The van der Waals surface area contributed by atoms with Gasteiger partial charge in [0.15, 0.2) is 0 Å². The molecule has 0 radical (unpaired) electrons. The molecule has 0 saturated carbocycles. The van der Waals surface area contributed by atoms with Crippen LogP contribution in [0, 0.1) is 0 Å². The molecule has 0 aliphatic heterocycles. The maximum absolute atomic E-state index is 10.9. The first kappa shape index (κ1) is 16.2. The van der Waals surface area contributed by atoms with E-state index in [1.54, 1.807) is 12.1 Å². The number of carboxylic acid groups (broad SMARTS) is 1. The van der Waals surface area contributed by atoms with Gasteiger partial charge in [-0.2, -0.15) is 0 Å². The highest BCUT2D eigenvalue weighted by molar-refractivity contribution is 5.87. The molecule has 2 atom stereocenters. The predicted octanol–water partition coefficient (Wildman–Crippen LogP) is 2.55. The van der Waals surface area contributed by atoms with Crippen LogP contribution in [0.15, 0.2) is 54.6 Å². The minimum atomic E-state index is -0.935. The lowest BCUT2D eigenvalue weighted by Crippen LogP contribution is -2.34. The number of hydrogen-bond acceptors (Lipinski definition) is 3. The van der Waals surface area contributed by atoms with E-state index in [9.17, 15) is 9.90 Å². The highest BCUT2D eigenvalue weighted by Crippen LogP contribution is 2.32. The van der Waals surface area contributed by atoms with Crippen molar-refractivity contribution in [2.75, 3.05) is 0 Å². The Kier molecular flexibility index (Phi) is 4.96. The van der Waals surface area contributed by atoms with Crippen molar-refractivity contribution in [3.8, 4) is 0 Å². The van der Waals surface area contributed by atoms with Gasteiger partial charge in [0.1, 0.15) is 6.23 Å². The highest BCUT2D eigenvalue weighted by Gasteiger charge is 2.28. The third-order valence-electron chi connectivity index (χ3n) is 3.93. The SMILES string of the molecule is CC(Cc1ccc(C(=O)O)cc1)(C[C@H](N)O)c1ccccc1. The highest BCUT2D eigenvalue weighted by atomic mass is 16.4. The second kappa shape index (κ2) is 6.73. The molecule has 1 unspecified atom stereocenters. The summed E-state index contributed by atoms with van der Waals surface area (Å²) in [5.41, 5.74) is 7.67. The van der Waals surface area contributed by atoms with Gasteiger partial charge >= 0.3 is 5.97 Å². The molecule has 2 rings (SSSR count). The van der Waals surface area contributed by atoms with Crippen molar-refractivity contribution in [2.24, 2.45) is 5.73 Å². The average molecular weight is 299 g/mol. The minimum Gasteiger partial charge on any atom is -0.478 e. The maximum Gasteiger partial charge on any atom is 0.335 e. The molecule has 0 amide bonds. The van der Waals surface area contributed by atoms with Crippen LogP contribution in [0.1, 0.15) is 34.8 Å². The Balaban J connectivity index is 2.28. The molecule has 0 spiro atoms. The van der Waals surface area contributed by atoms with E-state index < -0.39 is 12.2 Å². The Labute approximate surface area is 130 Å². The third-order valence-corrected chi connectivity index (χ3v) is 3.93. The molecule has 116 valence electrons. The van der Waals surface area contributed by atoms with Crippen LogP contribution in [-0.2, 0) is 11.8 Å². The van der Waals surface area contributed by atoms with Gasteiger partial charge < -0.3 is 15.9 Å². The van der Waals surface area contributed by atoms with Crippen LogP contribution in [0.25, 0.3) is 0 Å². The fraction of sp³-hybridized carbons (Fsp3) is 0.278. The summed E-state index contributed by atoms with van der Waals surface area (Å²) in [4.78, 5) is 10.9. The van der Waals surface area contributed by atoms with Crippen LogP contribution in [0.3, 0.4) is 0 Å². The van der Waals surface area contributed by atoms with Gasteiger partial charge in [0, 0.05) is 5.41 Å². The fourth-order valence-electron chi connectivity index (χ4n) is 2.81. The van der Waals surface area contributed by atoms with Crippen LogP contribution < -0.4 is 5.73 Å². The van der Waals surface area contributed by atoms with E-state index in [2.05, 4.69) is 6.92 Å². The molecule has 2 aromatic carbocycles. The van der Waals surface area contributed by atoms with Crippen molar-refractivity contribution in [2.45, 2.75) is 31.4 Å². The minimum absolute atomic E-state index is 0.268. The Hall–Kier alpha value is -2.17. The molecule has 4 nitrogen and oxygen atoms in total. The molecule has 0 bridgehead atoms. The molecule has 0 aliphatic carbocycles. The van der Waals surface area contributed by atoms with E-state index >= 15 is 0 Å². The lowest BCUT2D eigenvalue weighted by Gasteiger charge is -2.31. The van der Waals surface area contributed by atoms with Crippen LogP contribution in [-0.4, -0.2) is 22.4 Å². The molecule has 4 heteroatoms. The van der Waals surface area contributed by atoms with Crippen molar-refractivity contribution in [1.29, 1.82) is 0 Å². The zero-order valence-corrected chi connectivity index (χ0v) is 12.6. The van der Waals surface area contributed by atoms with E-state index in [0.29, 0.717) is 12.8 Å². The summed E-state index contributed by atoms with van der Waals surface area (Å²) in [6.07, 6.45) is 0.201. The van der Waals surface area contributed by atoms with Crippen LogP contribution in [0.2, 0.25) is 0 Å². The zero-order chi connectivity index (χ0) is 16.2. The van der Waals surface area contributed by atoms with Crippen LogP contribution >= 0.6 is 0 Å². The van der Waals surface area contributed by atoms with E-state index in [4.69, 9.17) is 10.8 Å². The molecular weight excluding hydrogens is 278 g/mol. The van der Waals surface area contributed by atoms with Gasteiger partial charge in [-0.15, -0.1) is 0 Å². The van der Waals surface area contributed by atoms with Gasteiger partial charge in [-0.1, -0.05) is 49.4 Å². The average Bonchev–Trinajstić information content (AvgIpc) is 2.48. The normalized spacial score (nSPS) is 15.0. The molecule has 4 N–H and O–H groups in total. The number of benzene rings is 2. The summed E-state index contributed by atoms with van der Waals surface area (Å²) in [6.45, 7) is 2.06. The predicted molar refractivity (Wildman–Crippen MR) is 85.7 cm³/mol. The van der Waals surface area contributed by atoms with Crippen LogP contribution in [0.4, 0.5) is 0 Å². The number of rotatable bonds is 6. The molecule has 0 saturated heterocycles. The van der Waals surface area contributed by atoms with E-state index in [1.165, 1.54) is 0 Å². The van der Waals surface area contributed by atoms with E-state index in [1.807, 2.05) is 42.5 Å². The number of hydrogen-bond donors (Lipinski definition) is 3. The summed E-state index contributed by atoms with van der Waals surface area (Å²) in [7, 11) is 0. The van der Waals surface area contributed by atoms with Crippen molar-refractivity contribution < 1.29 is 15.0 Å². The smallest absolute Gasteiger partial charge is 0.335 e. The number of aliphatic hydroxyl groups excluding tert-OH is 1. The van der Waals surface area contributed by atoms with Gasteiger partial charge in [-0.05, 0) is 36.1 Å². The quantitative estimate of drug-likeness (QED) is 0.716. The standard InChI is InChI=1S/C18H21NO3/c1-18(12-16(19)20,15-5-3-2-4-6-15)11-13-7-9-14(10-8-13)17(21)22/h2-10,16,20H,11-12,19H2,1H3,(H,21,22)/t16-,18?/m1/s1. The summed E-state index contributed by atoms with van der Waals surface area (Å²) in [5, 5.41) is 18.6. The molecule has 0 aliphatic rings. The summed E-state index contributed by atoms with van der Waals surface area (Å²) in [5.74, 6) is -0.935. The van der Waals surface area contributed by atoms with Crippen molar-refractivity contribution >= 4 is 5.97 Å². The van der Waals surface area contributed by atoms with Crippen molar-refractivity contribution in [3.05, 3.63) is 71.3 Å². The largest absolute Gasteiger partial charge is 0.478 e. The Morgan fingerprint density at radius 3 is 2.23 bits per heavy atom. The van der Waals surface area contributed by atoms with E-state index in [-0.39, 0.29) is 11.0 Å². The van der Waals surface area contributed by atoms with Crippen molar-refractivity contribution in [1.82, 2.24) is 0 Å². The van der Waals surface area contributed by atoms with Gasteiger partial charge in [0.05, 0.1) is 5.56 Å². The molecular formula is C18H21NO3. The second-order valence-corrected chi connectivity index (χ2v) is 5.88. The Morgan fingerprint density at radius 1 is 1.14 bits per heavy atom. The fourth-order valence-corrected chi connectivity index (χ4v) is 2.81. The molecule has 2 aromatic rings. The van der Waals surface area contributed by atoms with Gasteiger partial charge in [0.2, 0.25) is 0 Å². The third kappa shape index (κ3) is 3.93. The second-order valence-electron chi connectivity index (χ2n) is 5.88. The monoisotopic (exact) mass is 299 g/mol. The first-order valence-electron chi connectivity index (χ1n) is 7.22. The maximum atomic E-state index is 10.9. The number of aromatic carboxylic acids is 1. The summed E-state index contributed by atoms with van der Waals surface area (Å²) < 4.78 is 0. The van der Waals surface area contributed by atoms with Gasteiger partial charge in [-0.25, -0.2) is 4.79 Å². The zero-order valence-electron chi connectivity index (χ0n) is 12.6. The van der Waals surface area contributed by atoms with E-state index in [0.717, 1.165) is 11.1 Å². The van der Waals surface area contributed by atoms with Gasteiger partial charge in [0.25, 0.3) is 0 Å². The number of carbonyl (C=O) groups is 1. The first-order chi connectivity index (χ1) is 10.4. The van der Waals surface area contributed by atoms with Gasteiger partial charge in [-0.3, -0.25) is 0 Å². The topological polar surface area (TPSA) is 83.5 Å². The molecule has 0 aromatic heterocycles. The molecule has 0 heterocycles. The van der Waals surface area contributed by atoms with Crippen LogP contribution in [0.5, 0.6) is 0 Å². The molecule has 22 heavy (non-hydrogen) atoms. The first-order valence-corrected chi connectivity index (χ1v) is 7.22. The number of nitrogens with two attached hydrogens (primary N) is 1.